The first-order chi connectivity index (χ1) is 21.1. The van der Waals surface area contributed by atoms with Crippen molar-refractivity contribution >= 4 is 46.6 Å². The number of allylic oxidation sites excluding steroid dienone is 2. The number of para-hydroxylation sites is 1. The van der Waals surface area contributed by atoms with E-state index in [1.54, 1.807) is 61.5 Å². The fraction of sp³-hybridized carbons (Fsp3) is 0.314. The minimum atomic E-state index is -1.25. The van der Waals surface area contributed by atoms with E-state index in [2.05, 4.69) is 0 Å². The molecule has 1 saturated carbocycles. The Balaban J connectivity index is 1.37. The number of ether oxygens (including phenoxy) is 1. The number of benzene rings is 3. The second-order valence-electron chi connectivity index (χ2n) is 12.4. The Bertz CT molecular complexity index is 1790. The Morgan fingerprint density at radius 3 is 2.32 bits per heavy atom. The van der Waals surface area contributed by atoms with Crippen LogP contribution >= 0.6 is 11.6 Å². The summed E-state index contributed by atoms with van der Waals surface area (Å²) in [6.07, 6.45) is 2.49. The van der Waals surface area contributed by atoms with Gasteiger partial charge in [-0.1, -0.05) is 53.6 Å². The smallest absolute Gasteiger partial charge is 0.241 e. The van der Waals surface area contributed by atoms with E-state index in [0.29, 0.717) is 34.1 Å². The van der Waals surface area contributed by atoms with E-state index >= 15 is 0 Å². The van der Waals surface area contributed by atoms with Crippen molar-refractivity contribution in [3.63, 3.8) is 0 Å². The van der Waals surface area contributed by atoms with E-state index in [9.17, 15) is 24.3 Å². The highest BCUT2D eigenvalue weighted by molar-refractivity contribution is 6.32. The van der Waals surface area contributed by atoms with Crippen LogP contribution in [0.1, 0.15) is 36.8 Å². The summed E-state index contributed by atoms with van der Waals surface area (Å²) in [6.45, 7) is 3.64. The molecule has 3 fully saturated rings. The zero-order chi connectivity index (χ0) is 31.1. The summed E-state index contributed by atoms with van der Waals surface area (Å²) < 4.78 is 5.32. The van der Waals surface area contributed by atoms with Crippen molar-refractivity contribution in [3.05, 3.63) is 94.5 Å². The highest BCUT2D eigenvalue weighted by Gasteiger charge is 2.68. The van der Waals surface area contributed by atoms with E-state index in [0.717, 1.165) is 11.1 Å². The van der Waals surface area contributed by atoms with Gasteiger partial charge < -0.3 is 9.84 Å². The first kappa shape index (κ1) is 28.3. The van der Waals surface area contributed by atoms with Crippen LogP contribution in [0.2, 0.25) is 5.02 Å². The molecule has 6 atom stereocenters. The van der Waals surface area contributed by atoms with Crippen molar-refractivity contribution in [2.24, 2.45) is 29.1 Å². The summed E-state index contributed by atoms with van der Waals surface area (Å²) in [7, 11) is 1.50. The average molecular weight is 611 g/mol. The monoisotopic (exact) mass is 610 g/mol. The molecule has 4 amide bonds. The number of nitrogens with zero attached hydrogens (tertiary/aromatic N) is 2. The number of carbonyl (C=O) groups is 4. The molecule has 0 radical (unpaired) electrons. The average Bonchev–Trinajstić information content (AvgIpc) is 3.38. The number of phenolic OH excluding ortho intramolecular Hbond substituents is 1. The summed E-state index contributed by atoms with van der Waals surface area (Å²) in [6, 6.07) is 18.9. The van der Waals surface area contributed by atoms with Gasteiger partial charge in [0.25, 0.3) is 0 Å². The molecule has 0 aromatic heterocycles. The first-order valence-corrected chi connectivity index (χ1v) is 15.1. The van der Waals surface area contributed by atoms with Crippen molar-refractivity contribution < 1.29 is 29.0 Å². The molecule has 3 aromatic rings. The Morgan fingerprint density at radius 1 is 0.886 bits per heavy atom. The SMILES string of the molecule is COc1ccc(C2C3=CCC4C(=O)N(c5ccc(C)c(Cl)c5)C(=O)C4C3CC3C(=O)N(c4ccccc4)C(=O)C32C)c(O)c1. The second-order valence-corrected chi connectivity index (χ2v) is 12.8. The van der Waals surface area contributed by atoms with E-state index in [4.69, 9.17) is 16.3 Å². The summed E-state index contributed by atoms with van der Waals surface area (Å²) in [5.41, 5.74) is 1.74. The standard InChI is InChI=1S/C35H31ClN2O6/c1-18-9-10-20(15-27(18)36)37-31(40)24-14-13-22-25(29(24)33(37)42)17-26-32(41)38(19-7-5-4-6-8-19)34(43)35(26,2)30(22)23-12-11-21(44-3)16-28(23)39/h4-13,15-16,24-26,29-30,39H,14,17H2,1-3H3. The number of amides is 4. The lowest BCUT2D eigenvalue weighted by Gasteiger charge is -2.49. The Hall–Kier alpha value is -4.43. The van der Waals surface area contributed by atoms with E-state index in [1.807, 2.05) is 19.1 Å². The van der Waals surface area contributed by atoms with Crippen molar-refractivity contribution in [1.29, 1.82) is 0 Å². The third-order valence-corrected chi connectivity index (χ3v) is 10.7. The zero-order valence-corrected chi connectivity index (χ0v) is 25.2. The number of halogens is 1. The lowest BCUT2D eigenvalue weighted by atomic mass is 9.51. The third-order valence-electron chi connectivity index (χ3n) is 10.3. The van der Waals surface area contributed by atoms with Gasteiger partial charge >= 0.3 is 0 Å². The maximum Gasteiger partial charge on any atom is 0.241 e. The lowest BCUT2D eigenvalue weighted by molar-refractivity contribution is -0.131. The van der Waals surface area contributed by atoms with Gasteiger partial charge in [-0.05, 0) is 68.5 Å². The highest BCUT2D eigenvalue weighted by Crippen LogP contribution is 2.64. The van der Waals surface area contributed by atoms with Gasteiger partial charge in [0.05, 0.1) is 41.7 Å². The van der Waals surface area contributed by atoms with Crippen LogP contribution in [0.4, 0.5) is 11.4 Å². The number of imide groups is 2. The minimum absolute atomic E-state index is 0.0684. The topological polar surface area (TPSA) is 104 Å². The van der Waals surface area contributed by atoms with E-state index in [1.165, 1.54) is 23.0 Å². The van der Waals surface area contributed by atoms with Gasteiger partial charge in [-0.15, -0.1) is 0 Å². The summed E-state index contributed by atoms with van der Waals surface area (Å²) in [5, 5.41) is 11.8. The van der Waals surface area contributed by atoms with Crippen LogP contribution in [-0.2, 0) is 19.2 Å². The molecular weight excluding hydrogens is 580 g/mol. The Morgan fingerprint density at radius 2 is 1.64 bits per heavy atom. The van der Waals surface area contributed by atoms with Crippen LogP contribution in [-0.4, -0.2) is 35.8 Å². The number of hydrogen-bond acceptors (Lipinski definition) is 6. The summed E-state index contributed by atoms with van der Waals surface area (Å²) >= 11 is 6.38. The maximum absolute atomic E-state index is 14.4. The number of aryl methyl sites for hydroxylation is 1. The quantitative estimate of drug-likeness (QED) is 0.296. The third kappa shape index (κ3) is 3.83. The molecule has 2 saturated heterocycles. The van der Waals surface area contributed by atoms with Crippen molar-refractivity contribution in [2.45, 2.75) is 32.6 Å². The molecule has 6 unspecified atom stereocenters. The molecular formula is C35H31ClN2O6. The zero-order valence-electron chi connectivity index (χ0n) is 24.5. The van der Waals surface area contributed by atoms with E-state index < -0.39 is 35.0 Å². The molecule has 44 heavy (non-hydrogen) atoms. The molecule has 8 nitrogen and oxygen atoms in total. The second kappa shape index (κ2) is 10.1. The fourth-order valence-electron chi connectivity index (χ4n) is 8.05. The molecule has 2 aliphatic heterocycles. The number of rotatable bonds is 4. The number of aromatic hydroxyl groups is 1. The molecule has 0 spiro atoms. The molecule has 4 aliphatic rings. The molecule has 9 heteroatoms. The van der Waals surface area contributed by atoms with Gasteiger partial charge in [-0.2, -0.15) is 0 Å². The van der Waals surface area contributed by atoms with Crippen molar-refractivity contribution in [1.82, 2.24) is 0 Å². The van der Waals surface area contributed by atoms with Gasteiger partial charge in [0, 0.05) is 22.6 Å². The largest absolute Gasteiger partial charge is 0.508 e. The number of hydrogen-bond donors (Lipinski definition) is 1. The molecule has 0 bridgehead atoms. The Kier molecular flexibility index (Phi) is 6.48. The van der Waals surface area contributed by atoms with Gasteiger partial charge in [0.15, 0.2) is 0 Å². The minimum Gasteiger partial charge on any atom is -0.508 e. The fourth-order valence-corrected chi connectivity index (χ4v) is 8.23. The molecule has 2 aliphatic carbocycles. The predicted octanol–water partition coefficient (Wildman–Crippen LogP) is 5.80. The number of fused-ring (bicyclic) bond motifs is 4. The molecule has 7 rings (SSSR count). The molecule has 1 N–H and O–H groups in total. The molecule has 2 heterocycles. The number of carbonyl (C=O) groups excluding carboxylic acids is 4. The number of anilines is 2. The van der Waals surface area contributed by atoms with Crippen LogP contribution in [0.15, 0.2) is 78.4 Å². The molecule has 3 aromatic carbocycles. The number of phenols is 1. The molecule has 224 valence electrons. The Labute approximate surface area is 259 Å². The van der Waals surface area contributed by atoms with Gasteiger partial charge in [0.1, 0.15) is 11.5 Å². The van der Waals surface area contributed by atoms with Crippen LogP contribution < -0.4 is 14.5 Å². The van der Waals surface area contributed by atoms with Crippen molar-refractivity contribution in [3.8, 4) is 11.5 Å². The highest BCUT2D eigenvalue weighted by atomic mass is 35.5. The maximum atomic E-state index is 14.4. The van der Waals surface area contributed by atoms with Gasteiger partial charge in [0.2, 0.25) is 23.6 Å². The predicted molar refractivity (Wildman–Crippen MR) is 164 cm³/mol. The summed E-state index contributed by atoms with van der Waals surface area (Å²) in [4.78, 5) is 59.1. The normalized spacial score (nSPS) is 29.4. The van der Waals surface area contributed by atoms with Crippen LogP contribution in [0.5, 0.6) is 11.5 Å². The van der Waals surface area contributed by atoms with Crippen LogP contribution in [0.25, 0.3) is 0 Å². The van der Waals surface area contributed by atoms with Gasteiger partial charge in [-0.25, -0.2) is 9.80 Å². The van der Waals surface area contributed by atoms with Crippen molar-refractivity contribution in [2.75, 3.05) is 16.9 Å². The lowest BCUT2D eigenvalue weighted by Crippen LogP contribution is -2.48. The van der Waals surface area contributed by atoms with Crippen LogP contribution in [0, 0.1) is 36.0 Å². The summed E-state index contributed by atoms with van der Waals surface area (Å²) in [5.74, 6) is -4.28. The van der Waals surface area contributed by atoms with Crippen LogP contribution in [0.3, 0.4) is 0 Å². The van der Waals surface area contributed by atoms with Gasteiger partial charge in [-0.3, -0.25) is 19.2 Å². The number of methoxy groups -OCH3 is 1. The van der Waals surface area contributed by atoms with E-state index in [-0.39, 0.29) is 35.8 Å². The first-order valence-electron chi connectivity index (χ1n) is 14.7.